The molecule has 0 fully saturated rings. The predicted octanol–water partition coefficient (Wildman–Crippen LogP) is 3.90. The molecule has 0 spiro atoms. The highest BCUT2D eigenvalue weighted by Gasteiger charge is 2.09. The van der Waals surface area contributed by atoms with E-state index in [4.69, 9.17) is 9.84 Å². The molecule has 0 aliphatic carbocycles. The van der Waals surface area contributed by atoms with Gasteiger partial charge in [-0.05, 0) is 37.1 Å². The molecule has 3 heteroatoms. The van der Waals surface area contributed by atoms with Gasteiger partial charge in [-0.25, -0.2) is 0 Å². The maximum Gasteiger partial charge on any atom is 0.307 e. The molecule has 3 nitrogen and oxygen atoms in total. The molecule has 0 aliphatic heterocycles. The normalized spacial score (nSPS) is 11.9. The summed E-state index contributed by atoms with van der Waals surface area (Å²) in [6.07, 6.45) is -0.336. The lowest BCUT2D eigenvalue weighted by Crippen LogP contribution is -2.16. The van der Waals surface area contributed by atoms with Gasteiger partial charge in [0.15, 0.2) is 0 Å². The van der Waals surface area contributed by atoms with Crippen molar-refractivity contribution in [1.82, 2.24) is 0 Å². The molecule has 0 unspecified atom stereocenters. The number of benzene rings is 2. The second-order valence-corrected chi connectivity index (χ2v) is 4.92. The molecule has 2 rings (SSSR count). The molecule has 0 bridgehead atoms. The van der Waals surface area contributed by atoms with E-state index in [-0.39, 0.29) is 12.5 Å². The van der Waals surface area contributed by atoms with Gasteiger partial charge in [0.25, 0.3) is 0 Å². The zero-order valence-electron chi connectivity index (χ0n) is 11.7. The summed E-state index contributed by atoms with van der Waals surface area (Å²) in [5.41, 5.74) is 3.50. The van der Waals surface area contributed by atoms with Gasteiger partial charge in [0.05, 0.1) is 6.42 Å². The van der Waals surface area contributed by atoms with Gasteiger partial charge < -0.3 is 9.84 Å². The molecule has 0 saturated carbocycles. The highest BCUT2D eigenvalue weighted by Crippen LogP contribution is 2.23. The Balaban J connectivity index is 2.06. The molecule has 2 aromatic carbocycles. The molecule has 0 aliphatic rings. The van der Waals surface area contributed by atoms with Crippen molar-refractivity contribution in [3.63, 3.8) is 0 Å². The fourth-order valence-corrected chi connectivity index (χ4v) is 1.99. The molecule has 20 heavy (non-hydrogen) atoms. The SMILES string of the molecule is Cc1ccc(-c2ccc(O[C@H](C)CC(=O)O)cc2)cc1. The second kappa shape index (κ2) is 6.24. The van der Waals surface area contributed by atoms with E-state index in [1.165, 1.54) is 5.56 Å². The fourth-order valence-electron chi connectivity index (χ4n) is 1.99. The molecule has 0 saturated heterocycles. The monoisotopic (exact) mass is 270 g/mol. The van der Waals surface area contributed by atoms with Crippen LogP contribution in [0.5, 0.6) is 5.75 Å². The summed E-state index contributed by atoms with van der Waals surface area (Å²) >= 11 is 0. The quantitative estimate of drug-likeness (QED) is 0.896. The van der Waals surface area contributed by atoms with E-state index in [9.17, 15) is 4.79 Å². The average molecular weight is 270 g/mol. The molecule has 2 aromatic rings. The summed E-state index contributed by atoms with van der Waals surface area (Å²) < 4.78 is 5.55. The van der Waals surface area contributed by atoms with Crippen LogP contribution in [0.2, 0.25) is 0 Å². The van der Waals surface area contributed by atoms with Gasteiger partial charge in [0, 0.05) is 0 Å². The average Bonchev–Trinajstić information content (AvgIpc) is 2.39. The molecule has 0 heterocycles. The Morgan fingerprint density at radius 2 is 1.55 bits per heavy atom. The van der Waals surface area contributed by atoms with Crippen LogP contribution in [-0.2, 0) is 4.79 Å². The van der Waals surface area contributed by atoms with Crippen molar-refractivity contribution < 1.29 is 14.6 Å². The van der Waals surface area contributed by atoms with Gasteiger partial charge in [-0.15, -0.1) is 0 Å². The first-order chi connectivity index (χ1) is 9.54. The third-order valence-electron chi connectivity index (χ3n) is 3.04. The molecule has 1 atom stereocenters. The van der Waals surface area contributed by atoms with Gasteiger partial charge in [0.1, 0.15) is 11.9 Å². The third kappa shape index (κ3) is 3.85. The van der Waals surface area contributed by atoms with Gasteiger partial charge >= 0.3 is 5.97 Å². The number of hydrogen-bond donors (Lipinski definition) is 1. The number of ether oxygens (including phenoxy) is 1. The summed E-state index contributed by atoms with van der Waals surface area (Å²) in [6, 6.07) is 16.0. The van der Waals surface area contributed by atoms with Crippen molar-refractivity contribution >= 4 is 5.97 Å². The zero-order chi connectivity index (χ0) is 14.5. The molecular formula is C17H18O3. The lowest BCUT2D eigenvalue weighted by atomic mass is 10.0. The second-order valence-electron chi connectivity index (χ2n) is 4.92. The van der Waals surface area contributed by atoms with E-state index in [2.05, 4.69) is 31.2 Å². The number of aliphatic carboxylic acids is 1. The van der Waals surface area contributed by atoms with E-state index in [1.54, 1.807) is 6.92 Å². The minimum Gasteiger partial charge on any atom is -0.490 e. The maximum absolute atomic E-state index is 10.6. The lowest BCUT2D eigenvalue weighted by molar-refractivity contribution is -0.138. The highest BCUT2D eigenvalue weighted by atomic mass is 16.5. The van der Waals surface area contributed by atoms with Gasteiger partial charge in [-0.3, -0.25) is 4.79 Å². The minimum absolute atomic E-state index is 0.000284. The maximum atomic E-state index is 10.6. The van der Waals surface area contributed by atoms with Gasteiger partial charge in [-0.2, -0.15) is 0 Å². The molecule has 0 amide bonds. The molecular weight excluding hydrogens is 252 g/mol. The van der Waals surface area contributed by atoms with Crippen molar-refractivity contribution in [2.45, 2.75) is 26.4 Å². The Hall–Kier alpha value is -2.29. The van der Waals surface area contributed by atoms with Gasteiger partial charge in [0.2, 0.25) is 0 Å². The first kappa shape index (κ1) is 14.1. The summed E-state index contributed by atoms with van der Waals surface area (Å²) in [5.74, 6) is -0.164. The van der Waals surface area contributed by atoms with Crippen molar-refractivity contribution in [1.29, 1.82) is 0 Å². The van der Waals surface area contributed by atoms with Crippen molar-refractivity contribution in [3.8, 4) is 16.9 Å². The topological polar surface area (TPSA) is 46.5 Å². The van der Waals surface area contributed by atoms with Crippen LogP contribution in [0.1, 0.15) is 18.9 Å². The van der Waals surface area contributed by atoms with Crippen LogP contribution in [0.25, 0.3) is 11.1 Å². The number of rotatable bonds is 5. The number of carbonyl (C=O) groups is 1. The van der Waals surface area contributed by atoms with E-state index in [0.717, 1.165) is 11.1 Å². The Labute approximate surface area is 118 Å². The number of aryl methyl sites for hydroxylation is 1. The standard InChI is InChI=1S/C17H18O3/c1-12-3-5-14(6-4-12)15-7-9-16(10-8-15)20-13(2)11-17(18)19/h3-10,13H,11H2,1-2H3,(H,18,19)/t13-/m1/s1. The van der Waals surface area contributed by atoms with Crippen LogP contribution >= 0.6 is 0 Å². The largest absolute Gasteiger partial charge is 0.490 e. The fraction of sp³-hybridized carbons (Fsp3) is 0.235. The Bertz CT molecular complexity index is 570. The predicted molar refractivity (Wildman–Crippen MR) is 79.0 cm³/mol. The van der Waals surface area contributed by atoms with Crippen molar-refractivity contribution in [2.24, 2.45) is 0 Å². The van der Waals surface area contributed by atoms with E-state index >= 15 is 0 Å². The number of hydrogen-bond acceptors (Lipinski definition) is 2. The molecule has 0 aromatic heterocycles. The number of carboxylic acid groups (broad SMARTS) is 1. The molecule has 104 valence electrons. The lowest BCUT2D eigenvalue weighted by Gasteiger charge is -2.13. The van der Waals surface area contributed by atoms with E-state index in [0.29, 0.717) is 5.75 Å². The first-order valence-corrected chi connectivity index (χ1v) is 6.60. The Morgan fingerprint density at radius 3 is 2.05 bits per heavy atom. The van der Waals surface area contributed by atoms with Crippen LogP contribution < -0.4 is 4.74 Å². The zero-order valence-corrected chi connectivity index (χ0v) is 11.7. The van der Waals surface area contributed by atoms with Crippen LogP contribution in [0.3, 0.4) is 0 Å². The first-order valence-electron chi connectivity index (χ1n) is 6.60. The molecule has 0 radical (unpaired) electrons. The van der Waals surface area contributed by atoms with Gasteiger partial charge in [-0.1, -0.05) is 42.0 Å². The van der Waals surface area contributed by atoms with Crippen LogP contribution in [0, 0.1) is 6.92 Å². The van der Waals surface area contributed by atoms with Crippen molar-refractivity contribution in [2.75, 3.05) is 0 Å². The van der Waals surface area contributed by atoms with Crippen LogP contribution in [0.4, 0.5) is 0 Å². The third-order valence-corrected chi connectivity index (χ3v) is 3.04. The van der Waals surface area contributed by atoms with Crippen LogP contribution in [-0.4, -0.2) is 17.2 Å². The number of carboxylic acids is 1. The van der Waals surface area contributed by atoms with Crippen LogP contribution in [0.15, 0.2) is 48.5 Å². The smallest absolute Gasteiger partial charge is 0.307 e. The minimum atomic E-state index is -0.853. The van der Waals surface area contributed by atoms with E-state index < -0.39 is 5.97 Å². The van der Waals surface area contributed by atoms with E-state index in [1.807, 2.05) is 24.3 Å². The van der Waals surface area contributed by atoms with Crippen molar-refractivity contribution in [3.05, 3.63) is 54.1 Å². The summed E-state index contributed by atoms with van der Waals surface area (Å²) in [5, 5.41) is 8.70. The summed E-state index contributed by atoms with van der Waals surface area (Å²) in [4.78, 5) is 10.6. The Morgan fingerprint density at radius 1 is 1.05 bits per heavy atom. The summed E-state index contributed by atoms with van der Waals surface area (Å²) in [6.45, 7) is 3.81. The molecule has 1 N–H and O–H groups in total. The highest BCUT2D eigenvalue weighted by molar-refractivity contribution is 5.67. The summed E-state index contributed by atoms with van der Waals surface area (Å²) in [7, 11) is 0. The Kier molecular flexibility index (Phi) is 4.41.